The van der Waals surface area contributed by atoms with Crippen LogP contribution in [-0.2, 0) is 0 Å². The van der Waals surface area contributed by atoms with Gasteiger partial charge in [-0.2, -0.15) is 0 Å². The largest absolute Gasteiger partial charge is 0.391 e. The first-order valence-corrected chi connectivity index (χ1v) is 6.54. The number of aliphatic hydroxyl groups is 1. The Morgan fingerprint density at radius 1 is 1.25 bits per heavy atom. The van der Waals surface area contributed by atoms with Crippen molar-refractivity contribution in [2.45, 2.75) is 11.1 Å². The molecule has 0 bridgehead atoms. The number of benzene rings is 1. The van der Waals surface area contributed by atoms with E-state index in [0.717, 1.165) is 15.9 Å². The Hall–Kier alpha value is -0.770. The summed E-state index contributed by atoms with van der Waals surface area (Å²) < 4.78 is 0. The van der Waals surface area contributed by atoms with E-state index in [2.05, 4.69) is 4.98 Å². The molecule has 1 unspecified atom stereocenters. The Kier molecular flexibility index (Phi) is 4.04. The third kappa shape index (κ3) is 2.88. The predicted octanol–water partition coefficient (Wildman–Crippen LogP) is 2.93. The molecule has 0 aliphatic rings. The molecule has 1 heterocycles. The van der Waals surface area contributed by atoms with Crippen molar-refractivity contribution in [1.82, 2.24) is 4.98 Å². The van der Waals surface area contributed by atoms with Crippen molar-refractivity contribution < 1.29 is 5.11 Å². The van der Waals surface area contributed by atoms with Crippen LogP contribution in [0.2, 0.25) is 0 Å². The van der Waals surface area contributed by atoms with Crippen molar-refractivity contribution in [1.29, 1.82) is 0 Å². The third-order valence-electron chi connectivity index (χ3n) is 2.17. The normalized spacial score (nSPS) is 12.9. The molecule has 0 aliphatic carbocycles. The highest BCUT2D eigenvalue weighted by molar-refractivity contribution is 7.99. The van der Waals surface area contributed by atoms with Gasteiger partial charge in [-0.25, -0.2) is 4.98 Å². The Balaban J connectivity index is 2.13. The number of hydrogen-bond acceptors (Lipinski definition) is 3. The van der Waals surface area contributed by atoms with Crippen LogP contribution in [0.4, 0.5) is 0 Å². The Labute approximate surface area is 104 Å². The highest BCUT2D eigenvalue weighted by atomic mass is 35.5. The second kappa shape index (κ2) is 5.53. The van der Waals surface area contributed by atoms with E-state index in [1.807, 2.05) is 36.4 Å². The number of alkyl halides is 1. The maximum atomic E-state index is 9.35. The van der Waals surface area contributed by atoms with Gasteiger partial charge in [0.05, 0.1) is 16.6 Å². The molecule has 4 heteroatoms. The molecule has 0 amide bonds. The van der Waals surface area contributed by atoms with Gasteiger partial charge in [0.25, 0.3) is 0 Å². The lowest BCUT2D eigenvalue weighted by Gasteiger charge is -2.06. The lowest BCUT2D eigenvalue weighted by Crippen LogP contribution is -2.11. The fraction of sp³-hybridized carbons (Fsp3) is 0.250. The van der Waals surface area contributed by atoms with Crippen LogP contribution in [0.5, 0.6) is 0 Å². The average Bonchev–Trinajstić information content (AvgIpc) is 2.35. The zero-order valence-electron chi connectivity index (χ0n) is 8.64. The first-order chi connectivity index (χ1) is 7.79. The summed E-state index contributed by atoms with van der Waals surface area (Å²) in [5.41, 5.74) is 0.980. The minimum Gasteiger partial charge on any atom is -0.391 e. The number of hydrogen-bond donors (Lipinski definition) is 1. The van der Waals surface area contributed by atoms with Crippen LogP contribution < -0.4 is 0 Å². The molecule has 1 N–H and O–H groups in total. The van der Waals surface area contributed by atoms with Crippen molar-refractivity contribution in [3.8, 4) is 0 Å². The standard InChI is InChI=1S/C12H12ClNOS/c13-7-10(15)8-16-12-6-5-9-3-1-2-4-11(9)14-12/h1-6,10,15H,7-8H2. The van der Waals surface area contributed by atoms with Gasteiger partial charge in [-0.1, -0.05) is 24.3 Å². The lowest BCUT2D eigenvalue weighted by molar-refractivity contribution is 0.223. The molecule has 0 fully saturated rings. The minimum atomic E-state index is -0.472. The van der Waals surface area contributed by atoms with Gasteiger partial charge in [-0.05, 0) is 12.1 Å². The molecule has 1 atom stereocenters. The van der Waals surface area contributed by atoms with E-state index >= 15 is 0 Å². The van der Waals surface area contributed by atoms with Crippen LogP contribution in [-0.4, -0.2) is 27.8 Å². The monoisotopic (exact) mass is 253 g/mol. The number of aromatic nitrogens is 1. The van der Waals surface area contributed by atoms with E-state index in [9.17, 15) is 5.11 Å². The van der Waals surface area contributed by atoms with Crippen LogP contribution in [0, 0.1) is 0 Å². The molecule has 0 spiro atoms. The molecule has 0 radical (unpaired) electrons. The van der Waals surface area contributed by atoms with E-state index in [4.69, 9.17) is 11.6 Å². The summed E-state index contributed by atoms with van der Waals surface area (Å²) >= 11 is 7.05. The summed E-state index contributed by atoms with van der Waals surface area (Å²) in [4.78, 5) is 4.49. The summed E-state index contributed by atoms with van der Waals surface area (Å²) in [6.07, 6.45) is -0.472. The molecule has 84 valence electrons. The molecular weight excluding hydrogens is 242 g/mol. The van der Waals surface area contributed by atoms with Gasteiger partial charge < -0.3 is 5.11 Å². The minimum absolute atomic E-state index is 0.264. The lowest BCUT2D eigenvalue weighted by atomic mass is 10.2. The Morgan fingerprint density at radius 2 is 2.06 bits per heavy atom. The molecule has 0 saturated heterocycles. The van der Waals surface area contributed by atoms with Gasteiger partial charge >= 0.3 is 0 Å². The quantitative estimate of drug-likeness (QED) is 0.672. The SMILES string of the molecule is OC(CCl)CSc1ccc2ccccc2n1. The number of thioether (sulfide) groups is 1. The van der Waals surface area contributed by atoms with E-state index in [-0.39, 0.29) is 5.88 Å². The fourth-order valence-electron chi connectivity index (χ4n) is 1.35. The van der Waals surface area contributed by atoms with Gasteiger partial charge in [0, 0.05) is 17.0 Å². The van der Waals surface area contributed by atoms with Gasteiger partial charge in [-0.15, -0.1) is 23.4 Å². The third-order valence-corrected chi connectivity index (χ3v) is 3.61. The van der Waals surface area contributed by atoms with Crippen molar-refractivity contribution in [2.24, 2.45) is 0 Å². The number of halogens is 1. The smallest absolute Gasteiger partial charge is 0.0968 e. The zero-order chi connectivity index (χ0) is 11.4. The second-order valence-corrected chi connectivity index (χ2v) is 4.81. The highest BCUT2D eigenvalue weighted by Gasteiger charge is 2.04. The van der Waals surface area contributed by atoms with Crippen molar-refractivity contribution in [2.75, 3.05) is 11.6 Å². The fourth-order valence-corrected chi connectivity index (χ4v) is 2.40. The molecule has 2 rings (SSSR count). The second-order valence-electron chi connectivity index (χ2n) is 3.46. The van der Waals surface area contributed by atoms with Crippen molar-refractivity contribution in [3.05, 3.63) is 36.4 Å². The van der Waals surface area contributed by atoms with Crippen molar-refractivity contribution in [3.63, 3.8) is 0 Å². The van der Waals surface area contributed by atoms with Crippen LogP contribution in [0.15, 0.2) is 41.4 Å². The van der Waals surface area contributed by atoms with Crippen LogP contribution in [0.3, 0.4) is 0 Å². The first-order valence-electron chi connectivity index (χ1n) is 5.02. The molecule has 0 aliphatic heterocycles. The van der Waals surface area contributed by atoms with Gasteiger partial charge in [0.15, 0.2) is 0 Å². The van der Waals surface area contributed by atoms with Crippen LogP contribution in [0.1, 0.15) is 0 Å². The summed E-state index contributed by atoms with van der Waals surface area (Å²) in [5, 5.41) is 11.4. The average molecular weight is 254 g/mol. The van der Waals surface area contributed by atoms with Gasteiger partial charge in [-0.3, -0.25) is 0 Å². The number of fused-ring (bicyclic) bond motifs is 1. The van der Waals surface area contributed by atoms with E-state index in [1.54, 1.807) is 0 Å². The van der Waals surface area contributed by atoms with E-state index < -0.39 is 6.10 Å². The molecule has 1 aromatic heterocycles. The maximum Gasteiger partial charge on any atom is 0.0968 e. The number of nitrogens with zero attached hydrogens (tertiary/aromatic N) is 1. The molecule has 2 aromatic rings. The van der Waals surface area contributed by atoms with Crippen molar-refractivity contribution >= 4 is 34.3 Å². The van der Waals surface area contributed by atoms with E-state index in [0.29, 0.717) is 5.75 Å². The topological polar surface area (TPSA) is 33.1 Å². The highest BCUT2D eigenvalue weighted by Crippen LogP contribution is 2.20. The van der Waals surface area contributed by atoms with Crippen LogP contribution >= 0.6 is 23.4 Å². The molecule has 1 aromatic carbocycles. The number of para-hydroxylation sites is 1. The molecule has 2 nitrogen and oxygen atoms in total. The van der Waals surface area contributed by atoms with Crippen LogP contribution in [0.25, 0.3) is 10.9 Å². The Bertz CT molecular complexity index is 477. The molecule has 0 saturated carbocycles. The summed E-state index contributed by atoms with van der Waals surface area (Å²) in [6.45, 7) is 0. The maximum absolute atomic E-state index is 9.35. The van der Waals surface area contributed by atoms with Gasteiger partial charge in [0.2, 0.25) is 0 Å². The predicted molar refractivity (Wildman–Crippen MR) is 69.2 cm³/mol. The van der Waals surface area contributed by atoms with E-state index in [1.165, 1.54) is 11.8 Å². The van der Waals surface area contributed by atoms with Gasteiger partial charge in [0.1, 0.15) is 0 Å². The summed E-state index contributed by atoms with van der Waals surface area (Å²) in [5.74, 6) is 0.843. The molecular formula is C12H12ClNOS. The Morgan fingerprint density at radius 3 is 2.88 bits per heavy atom. The number of pyridine rings is 1. The first kappa shape index (κ1) is 11.7. The summed E-state index contributed by atoms with van der Waals surface area (Å²) in [6, 6.07) is 12.0. The number of rotatable bonds is 4. The number of aliphatic hydroxyl groups excluding tert-OH is 1. The zero-order valence-corrected chi connectivity index (χ0v) is 10.2. The molecule has 16 heavy (non-hydrogen) atoms. The summed E-state index contributed by atoms with van der Waals surface area (Å²) in [7, 11) is 0.